The predicted octanol–water partition coefficient (Wildman–Crippen LogP) is 3.84. The van der Waals surface area contributed by atoms with Crippen LogP contribution in [0.25, 0.3) is 0 Å². The Kier molecular flexibility index (Phi) is 5.93. The van der Waals surface area contributed by atoms with Crippen molar-refractivity contribution < 1.29 is 32.2 Å². The van der Waals surface area contributed by atoms with E-state index in [9.17, 15) is 18.0 Å². The average Bonchev–Trinajstić information content (AvgIpc) is 2.79. The Morgan fingerprint density at radius 1 is 1.28 bits per heavy atom. The number of para-hydroxylation sites is 2. The molecule has 0 bridgehead atoms. The van der Waals surface area contributed by atoms with Crippen LogP contribution < -0.4 is 9.47 Å². The summed E-state index contributed by atoms with van der Waals surface area (Å²) >= 11 is 3.24. The summed E-state index contributed by atoms with van der Waals surface area (Å²) in [6, 6.07) is 5.38. The monoisotopic (exact) mass is 422 g/mol. The van der Waals surface area contributed by atoms with Gasteiger partial charge >= 0.3 is 12.3 Å². The fraction of sp³-hybridized carbons (Fsp3) is 0.333. The number of hydrogen-bond donors (Lipinski definition) is 0. The van der Waals surface area contributed by atoms with Gasteiger partial charge < -0.3 is 14.2 Å². The van der Waals surface area contributed by atoms with Crippen molar-refractivity contribution in [3.8, 4) is 11.5 Å². The molecule has 0 aliphatic heterocycles. The van der Waals surface area contributed by atoms with E-state index in [-0.39, 0.29) is 24.7 Å². The predicted molar refractivity (Wildman–Crippen MR) is 84.3 cm³/mol. The lowest BCUT2D eigenvalue weighted by Crippen LogP contribution is -2.17. The number of nitrogens with zero attached hydrogens (tertiary/aromatic N) is 2. The number of rotatable bonds is 6. The van der Waals surface area contributed by atoms with Crippen LogP contribution in [0, 0.1) is 0 Å². The van der Waals surface area contributed by atoms with Gasteiger partial charge in [-0.1, -0.05) is 12.1 Å². The molecule has 0 saturated heterocycles. The van der Waals surface area contributed by atoms with E-state index >= 15 is 0 Å². The van der Waals surface area contributed by atoms with Crippen LogP contribution in [-0.2, 0) is 18.4 Å². The number of carbonyl (C=O) groups excluding carboxylic acids is 1. The quantitative estimate of drug-likeness (QED) is 0.661. The minimum atomic E-state index is -4.83. The minimum Gasteiger partial charge on any atom is -0.483 e. The Hall–Kier alpha value is -2.23. The minimum absolute atomic E-state index is 0.102. The molecular weight excluding hydrogens is 409 g/mol. The standard InChI is InChI=1S/C15H14BrF3N2O4/c1-3-23-14(22)13-12(16)9(20-21(13)2)8-24-10-6-4-5-7-11(10)25-15(17,18)19/h4-7H,3,8H2,1-2H3. The maximum atomic E-state index is 12.4. The van der Waals surface area contributed by atoms with Crippen molar-refractivity contribution in [2.75, 3.05) is 6.61 Å². The molecule has 0 saturated carbocycles. The van der Waals surface area contributed by atoms with Crippen molar-refractivity contribution >= 4 is 21.9 Å². The summed E-state index contributed by atoms with van der Waals surface area (Å²) in [5.41, 5.74) is 0.507. The number of aromatic nitrogens is 2. The number of ether oxygens (including phenoxy) is 3. The van der Waals surface area contributed by atoms with Crippen LogP contribution in [0.4, 0.5) is 13.2 Å². The van der Waals surface area contributed by atoms with Gasteiger partial charge in [0.25, 0.3) is 0 Å². The van der Waals surface area contributed by atoms with Crippen molar-refractivity contribution in [2.24, 2.45) is 7.05 Å². The van der Waals surface area contributed by atoms with E-state index in [1.54, 1.807) is 14.0 Å². The van der Waals surface area contributed by atoms with Gasteiger partial charge in [0.15, 0.2) is 17.2 Å². The average molecular weight is 423 g/mol. The summed E-state index contributed by atoms with van der Waals surface area (Å²) < 4.78 is 53.1. The normalized spacial score (nSPS) is 11.3. The molecule has 10 heteroatoms. The fourth-order valence-corrected chi connectivity index (χ4v) is 2.60. The summed E-state index contributed by atoms with van der Waals surface area (Å²) in [5, 5.41) is 4.11. The Morgan fingerprint density at radius 3 is 2.52 bits per heavy atom. The van der Waals surface area contributed by atoms with E-state index in [2.05, 4.69) is 25.8 Å². The molecule has 25 heavy (non-hydrogen) atoms. The second-order valence-corrected chi connectivity index (χ2v) is 5.53. The van der Waals surface area contributed by atoms with Gasteiger partial charge in [-0.2, -0.15) is 5.10 Å². The number of esters is 1. The Balaban J connectivity index is 2.18. The van der Waals surface area contributed by atoms with Crippen molar-refractivity contribution in [1.29, 1.82) is 0 Å². The zero-order valence-corrected chi connectivity index (χ0v) is 14.8. The third-order valence-electron chi connectivity index (χ3n) is 2.96. The van der Waals surface area contributed by atoms with Gasteiger partial charge in [-0.05, 0) is 35.0 Å². The molecule has 6 nitrogen and oxygen atoms in total. The molecule has 0 unspecified atom stereocenters. The van der Waals surface area contributed by atoms with Gasteiger partial charge in [0.1, 0.15) is 12.3 Å². The summed E-state index contributed by atoms with van der Waals surface area (Å²) in [6.45, 7) is 1.69. The summed E-state index contributed by atoms with van der Waals surface area (Å²) in [4.78, 5) is 11.9. The molecular formula is C15H14BrF3N2O4. The van der Waals surface area contributed by atoms with Crippen molar-refractivity contribution in [3.05, 3.63) is 40.1 Å². The van der Waals surface area contributed by atoms with Crippen LogP contribution in [0.15, 0.2) is 28.7 Å². The largest absolute Gasteiger partial charge is 0.573 e. The van der Waals surface area contributed by atoms with Gasteiger partial charge in [0.2, 0.25) is 0 Å². The lowest BCUT2D eigenvalue weighted by Gasteiger charge is -2.13. The highest BCUT2D eigenvalue weighted by Gasteiger charge is 2.32. The first-order valence-corrected chi connectivity index (χ1v) is 7.88. The summed E-state index contributed by atoms with van der Waals surface area (Å²) in [7, 11) is 1.54. The van der Waals surface area contributed by atoms with Crippen molar-refractivity contribution in [1.82, 2.24) is 9.78 Å². The van der Waals surface area contributed by atoms with Gasteiger partial charge in [0.05, 0.1) is 11.1 Å². The van der Waals surface area contributed by atoms with E-state index in [1.807, 2.05) is 0 Å². The highest BCUT2D eigenvalue weighted by atomic mass is 79.9. The van der Waals surface area contributed by atoms with E-state index in [1.165, 1.54) is 22.9 Å². The highest BCUT2D eigenvalue weighted by Crippen LogP contribution is 2.33. The molecule has 136 valence electrons. The van der Waals surface area contributed by atoms with Gasteiger partial charge in [0, 0.05) is 7.05 Å². The number of hydrogen-bond acceptors (Lipinski definition) is 5. The summed E-state index contributed by atoms with van der Waals surface area (Å²) in [6.07, 6.45) is -4.83. The third kappa shape index (κ3) is 4.88. The maximum absolute atomic E-state index is 12.4. The van der Waals surface area contributed by atoms with Gasteiger partial charge in [-0.15, -0.1) is 13.2 Å². The molecule has 0 spiro atoms. The molecule has 1 aromatic carbocycles. The molecule has 0 radical (unpaired) electrons. The Bertz CT molecular complexity index is 762. The third-order valence-corrected chi connectivity index (χ3v) is 3.80. The second-order valence-electron chi connectivity index (χ2n) is 4.74. The Morgan fingerprint density at radius 2 is 1.92 bits per heavy atom. The van der Waals surface area contributed by atoms with Crippen LogP contribution >= 0.6 is 15.9 Å². The SMILES string of the molecule is CCOC(=O)c1c(Br)c(COc2ccccc2OC(F)(F)F)nn1C. The number of alkyl halides is 3. The number of benzene rings is 1. The lowest BCUT2D eigenvalue weighted by molar-refractivity contribution is -0.275. The molecule has 0 fully saturated rings. The molecule has 2 rings (SSSR count). The first kappa shape index (κ1) is 19.1. The number of carbonyl (C=O) groups is 1. The molecule has 0 aliphatic carbocycles. The number of halogens is 4. The first-order valence-electron chi connectivity index (χ1n) is 7.09. The molecule has 0 aliphatic rings. The molecule has 0 atom stereocenters. The van der Waals surface area contributed by atoms with E-state index in [0.717, 1.165) is 6.07 Å². The van der Waals surface area contributed by atoms with Crippen molar-refractivity contribution in [2.45, 2.75) is 19.9 Å². The molecule has 0 N–H and O–H groups in total. The molecule has 2 aromatic rings. The fourth-order valence-electron chi connectivity index (χ4n) is 1.99. The van der Waals surface area contributed by atoms with E-state index in [4.69, 9.17) is 9.47 Å². The highest BCUT2D eigenvalue weighted by molar-refractivity contribution is 9.10. The van der Waals surface area contributed by atoms with Gasteiger partial charge in [-0.25, -0.2) is 4.79 Å². The maximum Gasteiger partial charge on any atom is 0.573 e. The van der Waals surface area contributed by atoms with Gasteiger partial charge in [-0.3, -0.25) is 4.68 Å². The van der Waals surface area contributed by atoms with Crippen LogP contribution in [0.5, 0.6) is 11.5 Å². The Labute approximate surface area is 149 Å². The smallest absolute Gasteiger partial charge is 0.483 e. The topological polar surface area (TPSA) is 62.6 Å². The van der Waals surface area contributed by atoms with E-state index < -0.39 is 18.1 Å². The zero-order chi connectivity index (χ0) is 18.6. The number of aryl methyl sites for hydroxylation is 1. The van der Waals surface area contributed by atoms with Crippen LogP contribution in [-0.4, -0.2) is 28.7 Å². The zero-order valence-electron chi connectivity index (χ0n) is 13.3. The van der Waals surface area contributed by atoms with Crippen LogP contribution in [0.2, 0.25) is 0 Å². The lowest BCUT2D eigenvalue weighted by atomic mass is 10.3. The second kappa shape index (κ2) is 7.77. The van der Waals surface area contributed by atoms with Crippen LogP contribution in [0.1, 0.15) is 23.1 Å². The van der Waals surface area contributed by atoms with E-state index in [0.29, 0.717) is 10.2 Å². The molecule has 0 amide bonds. The molecule has 1 aromatic heterocycles. The van der Waals surface area contributed by atoms with Crippen molar-refractivity contribution in [3.63, 3.8) is 0 Å². The summed E-state index contributed by atoms with van der Waals surface area (Å²) in [5.74, 6) is -1.14. The first-order chi connectivity index (χ1) is 11.7. The van der Waals surface area contributed by atoms with Crippen LogP contribution in [0.3, 0.4) is 0 Å². The molecule has 1 heterocycles.